The van der Waals surface area contributed by atoms with E-state index in [0.717, 1.165) is 29.3 Å². The van der Waals surface area contributed by atoms with Crippen LogP contribution in [0.25, 0.3) is 10.9 Å². The molecule has 0 aliphatic carbocycles. The van der Waals surface area contributed by atoms with E-state index in [0.29, 0.717) is 12.1 Å². The Hall–Kier alpha value is -1.39. The third-order valence-electron chi connectivity index (χ3n) is 5.66. The van der Waals surface area contributed by atoms with Gasteiger partial charge < -0.3 is 10.0 Å². The lowest BCUT2D eigenvalue weighted by Gasteiger charge is -2.50. The van der Waals surface area contributed by atoms with E-state index in [9.17, 15) is 5.11 Å². The number of nitrogens with zero attached hydrogens (tertiary/aromatic N) is 3. The maximum absolute atomic E-state index is 11.3. The van der Waals surface area contributed by atoms with Crippen molar-refractivity contribution in [1.82, 2.24) is 14.7 Å². The summed E-state index contributed by atoms with van der Waals surface area (Å²) < 4.78 is 1.89. The summed E-state index contributed by atoms with van der Waals surface area (Å²) >= 11 is 0. The predicted molar refractivity (Wildman–Crippen MR) is 83.0 cm³/mol. The molecule has 2 aliphatic heterocycles. The lowest BCUT2D eigenvalue weighted by molar-refractivity contribution is -0.0874. The van der Waals surface area contributed by atoms with E-state index in [-0.39, 0.29) is 0 Å². The SMILES string of the molecule is CN1C2CCCC1CC(O)(c1ccc3cnn(C)c3c1)C2. The number of aliphatic hydroxyl groups is 1. The zero-order chi connectivity index (χ0) is 14.6. The molecule has 4 heteroatoms. The van der Waals surface area contributed by atoms with Gasteiger partial charge in [-0.05, 0) is 44.4 Å². The van der Waals surface area contributed by atoms with Crippen LogP contribution in [0.1, 0.15) is 37.7 Å². The largest absolute Gasteiger partial charge is 0.385 e. The molecule has 21 heavy (non-hydrogen) atoms. The maximum Gasteiger partial charge on any atom is 0.0927 e. The van der Waals surface area contributed by atoms with Crippen molar-refractivity contribution in [2.24, 2.45) is 7.05 Å². The van der Waals surface area contributed by atoms with Crippen LogP contribution < -0.4 is 0 Å². The van der Waals surface area contributed by atoms with E-state index in [1.807, 2.05) is 17.9 Å². The summed E-state index contributed by atoms with van der Waals surface area (Å²) in [6, 6.07) is 7.34. The van der Waals surface area contributed by atoms with E-state index < -0.39 is 5.60 Å². The Morgan fingerprint density at radius 2 is 1.90 bits per heavy atom. The van der Waals surface area contributed by atoms with Crippen LogP contribution in [-0.2, 0) is 12.6 Å². The van der Waals surface area contributed by atoms with Crippen LogP contribution in [0.4, 0.5) is 0 Å². The fourth-order valence-electron chi connectivity index (χ4n) is 4.32. The summed E-state index contributed by atoms with van der Waals surface area (Å²) in [7, 11) is 4.18. The number of aryl methyl sites for hydroxylation is 1. The number of piperidine rings is 2. The fourth-order valence-corrected chi connectivity index (χ4v) is 4.32. The van der Waals surface area contributed by atoms with Crippen molar-refractivity contribution in [3.63, 3.8) is 0 Å². The van der Waals surface area contributed by atoms with Gasteiger partial charge in [-0.1, -0.05) is 18.6 Å². The first-order chi connectivity index (χ1) is 10.1. The van der Waals surface area contributed by atoms with Crippen molar-refractivity contribution in [3.05, 3.63) is 30.0 Å². The Morgan fingerprint density at radius 3 is 2.62 bits per heavy atom. The minimum atomic E-state index is -0.680. The second-order valence-corrected chi connectivity index (χ2v) is 6.89. The molecule has 4 rings (SSSR count). The first kappa shape index (κ1) is 13.3. The topological polar surface area (TPSA) is 41.3 Å². The average molecular weight is 285 g/mol. The number of aromatic nitrogens is 2. The number of hydrogen-bond donors (Lipinski definition) is 1. The second kappa shape index (κ2) is 4.55. The van der Waals surface area contributed by atoms with Gasteiger partial charge in [0.1, 0.15) is 0 Å². The summed E-state index contributed by atoms with van der Waals surface area (Å²) in [5.74, 6) is 0. The molecule has 2 fully saturated rings. The Bertz CT molecular complexity index is 664. The van der Waals surface area contributed by atoms with Gasteiger partial charge in [-0.25, -0.2) is 0 Å². The first-order valence-corrected chi connectivity index (χ1v) is 7.93. The molecule has 0 spiro atoms. The van der Waals surface area contributed by atoms with E-state index in [4.69, 9.17) is 0 Å². The molecule has 2 aromatic rings. The lowest BCUT2D eigenvalue weighted by Crippen LogP contribution is -2.55. The normalized spacial score (nSPS) is 33.5. The van der Waals surface area contributed by atoms with Crippen molar-refractivity contribution in [3.8, 4) is 0 Å². The fraction of sp³-hybridized carbons (Fsp3) is 0.588. The lowest BCUT2D eigenvalue weighted by atomic mass is 9.73. The molecule has 3 heterocycles. The molecule has 4 nitrogen and oxygen atoms in total. The van der Waals surface area contributed by atoms with Crippen molar-refractivity contribution in [2.75, 3.05) is 7.05 Å². The van der Waals surface area contributed by atoms with Gasteiger partial charge in [0.2, 0.25) is 0 Å². The zero-order valence-electron chi connectivity index (χ0n) is 12.8. The van der Waals surface area contributed by atoms with Crippen molar-refractivity contribution < 1.29 is 5.11 Å². The molecule has 2 saturated heterocycles. The number of benzene rings is 1. The van der Waals surface area contributed by atoms with Crippen LogP contribution >= 0.6 is 0 Å². The van der Waals surface area contributed by atoms with Crippen LogP contribution in [0.3, 0.4) is 0 Å². The molecule has 0 amide bonds. The molecule has 0 radical (unpaired) electrons. The summed E-state index contributed by atoms with van der Waals surface area (Å²) in [6.07, 6.45) is 7.31. The maximum atomic E-state index is 11.3. The van der Waals surface area contributed by atoms with E-state index in [2.05, 4.69) is 35.2 Å². The van der Waals surface area contributed by atoms with Crippen molar-refractivity contribution >= 4 is 10.9 Å². The molecule has 2 unspecified atom stereocenters. The van der Waals surface area contributed by atoms with Gasteiger partial charge in [-0.3, -0.25) is 4.68 Å². The highest BCUT2D eigenvalue weighted by Crippen LogP contribution is 2.43. The van der Waals surface area contributed by atoms with E-state index in [1.54, 1.807) is 0 Å². The summed E-state index contributed by atoms with van der Waals surface area (Å²) in [4.78, 5) is 2.49. The predicted octanol–water partition coefficient (Wildman–Crippen LogP) is 2.41. The molecule has 112 valence electrons. The summed E-state index contributed by atoms with van der Waals surface area (Å²) in [5.41, 5.74) is 1.48. The van der Waals surface area contributed by atoms with Crippen LogP contribution in [0.5, 0.6) is 0 Å². The molecule has 2 bridgehead atoms. The molecule has 2 atom stereocenters. The van der Waals surface area contributed by atoms with E-state index >= 15 is 0 Å². The highest BCUT2D eigenvalue weighted by Gasteiger charge is 2.44. The van der Waals surface area contributed by atoms with Crippen molar-refractivity contribution in [2.45, 2.75) is 49.8 Å². The van der Waals surface area contributed by atoms with Crippen molar-refractivity contribution in [1.29, 1.82) is 0 Å². The van der Waals surface area contributed by atoms with Crippen LogP contribution in [0, 0.1) is 0 Å². The molecular weight excluding hydrogens is 262 g/mol. The quantitative estimate of drug-likeness (QED) is 0.875. The van der Waals surface area contributed by atoms with Gasteiger partial charge in [0.25, 0.3) is 0 Å². The van der Waals surface area contributed by atoms with Gasteiger partial charge in [0.05, 0.1) is 17.3 Å². The van der Waals surface area contributed by atoms with Crippen LogP contribution in [-0.4, -0.2) is 38.9 Å². The summed E-state index contributed by atoms with van der Waals surface area (Å²) in [5, 5.41) is 16.7. The van der Waals surface area contributed by atoms with Gasteiger partial charge in [0, 0.05) is 24.5 Å². The monoisotopic (exact) mass is 285 g/mol. The third kappa shape index (κ3) is 2.00. The van der Waals surface area contributed by atoms with Gasteiger partial charge in [-0.15, -0.1) is 0 Å². The Balaban J connectivity index is 1.74. The Labute approximate surface area is 125 Å². The smallest absolute Gasteiger partial charge is 0.0927 e. The zero-order valence-corrected chi connectivity index (χ0v) is 12.8. The molecule has 1 aromatic carbocycles. The number of fused-ring (bicyclic) bond motifs is 3. The third-order valence-corrected chi connectivity index (χ3v) is 5.66. The minimum absolute atomic E-state index is 0.518. The van der Waals surface area contributed by atoms with Gasteiger partial charge >= 0.3 is 0 Å². The molecule has 2 aliphatic rings. The average Bonchev–Trinajstić information content (AvgIpc) is 2.82. The van der Waals surface area contributed by atoms with Gasteiger partial charge in [-0.2, -0.15) is 5.10 Å². The first-order valence-electron chi connectivity index (χ1n) is 7.93. The highest BCUT2D eigenvalue weighted by molar-refractivity contribution is 5.79. The number of rotatable bonds is 1. The molecule has 0 saturated carbocycles. The molecule has 1 aromatic heterocycles. The van der Waals surface area contributed by atoms with Crippen LogP contribution in [0.2, 0.25) is 0 Å². The number of hydrogen-bond acceptors (Lipinski definition) is 3. The van der Waals surface area contributed by atoms with Gasteiger partial charge in [0.15, 0.2) is 0 Å². The Morgan fingerprint density at radius 1 is 1.19 bits per heavy atom. The Kier molecular flexibility index (Phi) is 2.88. The highest BCUT2D eigenvalue weighted by atomic mass is 16.3. The van der Waals surface area contributed by atoms with E-state index in [1.165, 1.54) is 19.3 Å². The molecular formula is C17H23N3O. The minimum Gasteiger partial charge on any atom is -0.385 e. The van der Waals surface area contributed by atoms with Crippen LogP contribution in [0.15, 0.2) is 24.4 Å². The molecule has 1 N–H and O–H groups in total. The second-order valence-electron chi connectivity index (χ2n) is 6.89. The standard InChI is InChI=1S/C17H23N3O/c1-19-14-4-3-5-15(19)10-17(21,9-14)13-7-6-12-11-18-20(2)16(12)8-13/h6-8,11,14-15,21H,3-5,9-10H2,1-2H3. The summed E-state index contributed by atoms with van der Waals surface area (Å²) in [6.45, 7) is 0.